The molecule has 6 rings (SSSR count). The van der Waals surface area contributed by atoms with Crippen LogP contribution in [-0.2, 0) is 26.3 Å². The molecule has 2 saturated heterocycles. The minimum absolute atomic E-state index is 0.0646. The fourth-order valence-corrected chi connectivity index (χ4v) is 5.99. The quantitative estimate of drug-likeness (QED) is 0.210. The van der Waals surface area contributed by atoms with E-state index >= 15 is 0 Å². The highest BCUT2D eigenvalue weighted by Crippen LogP contribution is 2.34. The molecule has 0 radical (unpaired) electrons. The van der Waals surface area contributed by atoms with E-state index in [1.807, 2.05) is 24.1 Å². The fraction of sp³-hybridized carbons (Fsp3) is 0.452. The second kappa shape index (κ2) is 12.4. The zero-order chi connectivity index (χ0) is 32.6. The number of fused-ring (bicyclic) bond motifs is 1. The molecule has 11 nitrogen and oxygen atoms in total. The van der Waals surface area contributed by atoms with Crippen LogP contribution in [0.1, 0.15) is 31.9 Å². The van der Waals surface area contributed by atoms with Gasteiger partial charge in [-0.1, -0.05) is 0 Å². The third kappa shape index (κ3) is 6.89. The van der Waals surface area contributed by atoms with Crippen LogP contribution in [0.5, 0.6) is 0 Å². The van der Waals surface area contributed by atoms with Crippen molar-refractivity contribution in [1.29, 1.82) is 0 Å². The Kier molecular flexibility index (Phi) is 8.55. The van der Waals surface area contributed by atoms with E-state index in [0.29, 0.717) is 60.0 Å². The molecule has 4 aromatic rings. The number of ether oxygens (including phenoxy) is 1. The third-order valence-corrected chi connectivity index (χ3v) is 8.50. The number of piperazine rings is 1. The zero-order valence-corrected chi connectivity index (χ0v) is 25.1. The first-order valence-corrected chi connectivity index (χ1v) is 14.8. The summed E-state index contributed by atoms with van der Waals surface area (Å²) in [4.78, 5) is 42.2. The van der Waals surface area contributed by atoms with Crippen molar-refractivity contribution in [3.05, 3.63) is 66.5 Å². The summed E-state index contributed by atoms with van der Waals surface area (Å²) in [7, 11) is 0. The molecule has 1 amide bonds. The lowest BCUT2D eigenvalue weighted by atomic mass is 9.97. The van der Waals surface area contributed by atoms with Crippen LogP contribution in [0.2, 0.25) is 0 Å². The Hall–Kier alpha value is -4.37. The molecular formula is C31H32F4N6O5. The molecule has 5 heterocycles. The Morgan fingerprint density at radius 1 is 1.09 bits per heavy atom. The first-order chi connectivity index (χ1) is 21.9. The van der Waals surface area contributed by atoms with Crippen molar-refractivity contribution in [2.24, 2.45) is 5.92 Å². The van der Waals surface area contributed by atoms with Gasteiger partial charge in [0, 0.05) is 44.4 Å². The minimum atomic E-state index is -4.58. The molecule has 3 aromatic heterocycles. The molecule has 46 heavy (non-hydrogen) atoms. The molecule has 2 aliphatic heterocycles. The molecule has 0 saturated carbocycles. The van der Waals surface area contributed by atoms with Gasteiger partial charge < -0.3 is 18.9 Å². The summed E-state index contributed by atoms with van der Waals surface area (Å²) in [6, 6.07) is 6.55. The van der Waals surface area contributed by atoms with Gasteiger partial charge in [-0.2, -0.15) is 13.2 Å². The van der Waals surface area contributed by atoms with E-state index in [0.717, 1.165) is 0 Å². The number of carbonyl (C=O) groups excluding carboxylic acids is 2. The lowest BCUT2D eigenvalue weighted by molar-refractivity contribution is -0.148. The first kappa shape index (κ1) is 31.6. The van der Waals surface area contributed by atoms with Crippen LogP contribution >= 0.6 is 0 Å². The Balaban J connectivity index is 1.15. The first-order valence-electron chi connectivity index (χ1n) is 14.8. The molecule has 2 fully saturated rings. The summed E-state index contributed by atoms with van der Waals surface area (Å²) in [5.74, 6) is -0.755. The summed E-state index contributed by atoms with van der Waals surface area (Å²) < 4.78 is 69.9. The summed E-state index contributed by atoms with van der Waals surface area (Å²) in [5, 5.41) is 2.73. The van der Waals surface area contributed by atoms with Gasteiger partial charge in [-0.25, -0.2) is 19.3 Å². The Morgan fingerprint density at radius 2 is 1.87 bits per heavy atom. The molecule has 2 aliphatic rings. The SMILES string of the molecule is CC(C)(c1ncc(-c2ccc(F)cc2)o1)N1CCN(C[C@@H]2C[C@@H](Cc3cc4cncnc4o3)C(=O)O2)[C@H](C(=O)NCC(F)(F)F)C1. The van der Waals surface area contributed by atoms with Gasteiger partial charge in [0.25, 0.3) is 0 Å². The number of hydrogen-bond donors (Lipinski definition) is 1. The van der Waals surface area contributed by atoms with Gasteiger partial charge in [0.15, 0.2) is 5.76 Å². The highest BCUT2D eigenvalue weighted by Gasteiger charge is 2.44. The summed E-state index contributed by atoms with van der Waals surface area (Å²) in [6.45, 7) is 3.19. The number of cyclic esters (lactones) is 1. The molecule has 244 valence electrons. The van der Waals surface area contributed by atoms with E-state index in [4.69, 9.17) is 13.6 Å². The number of aromatic nitrogens is 3. The number of furan rings is 1. The van der Waals surface area contributed by atoms with Crippen molar-refractivity contribution in [3.8, 4) is 11.3 Å². The predicted octanol–water partition coefficient (Wildman–Crippen LogP) is 4.09. The van der Waals surface area contributed by atoms with Crippen molar-refractivity contribution in [1.82, 2.24) is 30.1 Å². The molecule has 0 unspecified atom stereocenters. The Labute approximate surface area is 260 Å². The second-order valence-corrected chi connectivity index (χ2v) is 12.1. The van der Waals surface area contributed by atoms with Gasteiger partial charge in [0.2, 0.25) is 17.5 Å². The van der Waals surface area contributed by atoms with Crippen molar-refractivity contribution >= 4 is 23.0 Å². The number of alkyl halides is 3. The number of hydrogen-bond acceptors (Lipinski definition) is 10. The summed E-state index contributed by atoms with van der Waals surface area (Å²) in [6.07, 6.45) is 0.00322. The maximum Gasteiger partial charge on any atom is 0.405 e. The molecule has 0 aliphatic carbocycles. The van der Waals surface area contributed by atoms with E-state index in [2.05, 4.69) is 15.0 Å². The fourth-order valence-electron chi connectivity index (χ4n) is 5.99. The summed E-state index contributed by atoms with van der Waals surface area (Å²) in [5.41, 5.74) is 0.191. The molecule has 1 N–H and O–H groups in total. The molecular weight excluding hydrogens is 612 g/mol. The van der Waals surface area contributed by atoms with Crippen LogP contribution in [0.4, 0.5) is 17.6 Å². The highest BCUT2D eigenvalue weighted by atomic mass is 19.4. The highest BCUT2D eigenvalue weighted by molar-refractivity contribution is 5.82. The van der Waals surface area contributed by atoms with Gasteiger partial charge in [-0.15, -0.1) is 0 Å². The number of carbonyl (C=O) groups is 2. The minimum Gasteiger partial charge on any atom is -0.461 e. The molecule has 0 spiro atoms. The second-order valence-electron chi connectivity index (χ2n) is 12.1. The van der Waals surface area contributed by atoms with Gasteiger partial charge >= 0.3 is 12.1 Å². The van der Waals surface area contributed by atoms with Crippen LogP contribution < -0.4 is 5.32 Å². The maximum atomic E-state index is 13.4. The lowest BCUT2D eigenvalue weighted by Gasteiger charge is -2.46. The van der Waals surface area contributed by atoms with Gasteiger partial charge in [0.1, 0.15) is 36.6 Å². The summed E-state index contributed by atoms with van der Waals surface area (Å²) >= 11 is 0. The van der Waals surface area contributed by atoms with Crippen LogP contribution in [-0.4, -0.2) is 87.7 Å². The van der Waals surface area contributed by atoms with Gasteiger partial charge in [-0.3, -0.25) is 19.4 Å². The van der Waals surface area contributed by atoms with Crippen molar-refractivity contribution in [3.63, 3.8) is 0 Å². The zero-order valence-electron chi connectivity index (χ0n) is 25.1. The monoisotopic (exact) mass is 644 g/mol. The van der Waals surface area contributed by atoms with E-state index in [-0.39, 0.29) is 18.9 Å². The van der Waals surface area contributed by atoms with E-state index < -0.39 is 48.2 Å². The Morgan fingerprint density at radius 3 is 2.61 bits per heavy atom. The number of halogens is 4. The van der Waals surface area contributed by atoms with Crippen LogP contribution in [0, 0.1) is 11.7 Å². The van der Waals surface area contributed by atoms with E-state index in [1.165, 1.54) is 24.7 Å². The van der Waals surface area contributed by atoms with Crippen molar-refractivity contribution < 1.29 is 40.7 Å². The number of benzene rings is 1. The lowest BCUT2D eigenvalue weighted by Crippen LogP contribution is -2.63. The molecule has 3 atom stereocenters. The van der Waals surface area contributed by atoms with E-state index in [1.54, 1.807) is 29.3 Å². The predicted molar refractivity (Wildman–Crippen MR) is 154 cm³/mol. The third-order valence-electron chi connectivity index (χ3n) is 8.50. The number of rotatable bonds is 9. The molecule has 0 bridgehead atoms. The molecule has 1 aromatic carbocycles. The van der Waals surface area contributed by atoms with Crippen LogP contribution in [0.15, 0.2) is 57.9 Å². The Bertz CT molecular complexity index is 1670. The number of oxazole rings is 1. The standard InChI is InChI=1S/C31H32F4N6O5/c1-30(2,29-37-13-25(46-29)18-3-5-21(32)6-4-18)41-8-7-40(24(15-41)26(42)38-16-31(33,34)35)14-23-10-19(28(43)45-23)9-22-11-20-12-36-17-39-27(20)44-22/h3-6,11-13,17,19,23-24H,7-10,14-16H2,1-2H3,(H,38,42)/t19-,23+,24+/m1/s1. The number of nitrogens with zero attached hydrogens (tertiary/aromatic N) is 5. The average Bonchev–Trinajstić information content (AvgIpc) is 3.75. The number of amides is 1. The van der Waals surface area contributed by atoms with E-state index in [9.17, 15) is 27.2 Å². The number of esters is 1. The van der Waals surface area contributed by atoms with Crippen molar-refractivity contribution in [2.75, 3.05) is 32.7 Å². The maximum absolute atomic E-state index is 13.4. The van der Waals surface area contributed by atoms with Crippen LogP contribution in [0.3, 0.4) is 0 Å². The average molecular weight is 645 g/mol. The normalized spacial score (nSPS) is 21.5. The smallest absolute Gasteiger partial charge is 0.405 e. The molecule has 15 heteroatoms. The topological polar surface area (TPSA) is 127 Å². The van der Waals surface area contributed by atoms with Crippen LogP contribution in [0.25, 0.3) is 22.4 Å². The number of nitrogens with one attached hydrogen (secondary N) is 1. The van der Waals surface area contributed by atoms with Gasteiger partial charge in [0.05, 0.1) is 23.0 Å². The van der Waals surface area contributed by atoms with Gasteiger partial charge in [-0.05, 0) is 50.6 Å². The largest absolute Gasteiger partial charge is 0.461 e. The van der Waals surface area contributed by atoms with Crippen molar-refractivity contribution in [2.45, 2.75) is 50.6 Å².